The second-order valence-corrected chi connectivity index (χ2v) is 6.48. The molecule has 0 aromatic heterocycles. The summed E-state index contributed by atoms with van der Waals surface area (Å²) in [6.07, 6.45) is 4.02. The molecule has 1 rings (SSSR count). The summed E-state index contributed by atoms with van der Waals surface area (Å²) in [5, 5.41) is 14.1. The van der Waals surface area contributed by atoms with Crippen LogP contribution in [0.1, 0.15) is 34.6 Å². The average Bonchev–Trinajstić information content (AvgIpc) is 2.69. The summed E-state index contributed by atoms with van der Waals surface area (Å²) >= 11 is 3.25. The highest BCUT2D eigenvalue weighted by molar-refractivity contribution is 9.11. The lowest BCUT2D eigenvalue weighted by Crippen LogP contribution is -2.48. The lowest BCUT2D eigenvalue weighted by Gasteiger charge is -2.17. The molecule has 0 aliphatic carbocycles. The standard InChI is InChI=1S/C19H21BrN2O6/c1-4-5-14(20)11(2)17(24)21-9-15(19(26)27)22-18(25)13-7-6-12(10-23)8-16(13)28-3/h4-8,10,15H,9H2,1-3H3,(H,21,24)(H,22,25)(H,26,27)/b5-4-,14-11-. The van der Waals surface area contributed by atoms with Crippen LogP contribution in [0.25, 0.3) is 0 Å². The normalized spacial score (nSPS) is 12.7. The van der Waals surface area contributed by atoms with Gasteiger partial charge in [-0.2, -0.15) is 0 Å². The van der Waals surface area contributed by atoms with Gasteiger partial charge in [-0.25, -0.2) is 4.79 Å². The molecule has 2 amide bonds. The second-order valence-electron chi connectivity index (χ2n) is 5.62. The Morgan fingerprint density at radius 1 is 1.32 bits per heavy atom. The molecular formula is C19H21BrN2O6. The minimum atomic E-state index is -1.36. The van der Waals surface area contributed by atoms with Crippen molar-refractivity contribution < 1.29 is 29.0 Å². The highest BCUT2D eigenvalue weighted by Gasteiger charge is 2.23. The summed E-state index contributed by atoms with van der Waals surface area (Å²) < 4.78 is 5.63. The summed E-state index contributed by atoms with van der Waals surface area (Å²) in [4.78, 5) is 46.8. The van der Waals surface area contributed by atoms with Gasteiger partial charge in [0.1, 0.15) is 18.1 Å². The zero-order chi connectivity index (χ0) is 21.3. The molecule has 28 heavy (non-hydrogen) atoms. The molecule has 1 aromatic carbocycles. The molecule has 0 fully saturated rings. The summed E-state index contributed by atoms with van der Waals surface area (Å²) in [5.41, 5.74) is 0.738. The van der Waals surface area contributed by atoms with E-state index >= 15 is 0 Å². The van der Waals surface area contributed by atoms with Crippen molar-refractivity contribution in [3.05, 3.63) is 51.5 Å². The van der Waals surface area contributed by atoms with Crippen LogP contribution >= 0.6 is 15.9 Å². The summed E-state index contributed by atoms with van der Waals surface area (Å²) in [6, 6.07) is 2.78. The number of ether oxygens (including phenoxy) is 1. The fraction of sp³-hybridized carbons (Fsp3) is 0.263. The third-order valence-corrected chi connectivity index (χ3v) is 4.55. The van der Waals surface area contributed by atoms with Crippen molar-refractivity contribution in [2.45, 2.75) is 19.9 Å². The van der Waals surface area contributed by atoms with Crippen LogP contribution < -0.4 is 15.4 Å². The van der Waals surface area contributed by atoms with Gasteiger partial charge >= 0.3 is 5.97 Å². The van der Waals surface area contributed by atoms with E-state index < -0.39 is 23.8 Å². The molecule has 3 N–H and O–H groups in total. The average molecular weight is 453 g/mol. The van der Waals surface area contributed by atoms with Crippen LogP contribution in [0.3, 0.4) is 0 Å². The zero-order valence-electron chi connectivity index (χ0n) is 15.6. The second kappa shape index (κ2) is 11.0. The number of amides is 2. The van der Waals surface area contributed by atoms with Gasteiger partial charge in [-0.05, 0) is 26.0 Å². The zero-order valence-corrected chi connectivity index (χ0v) is 17.2. The Hall–Kier alpha value is -2.94. The fourth-order valence-corrected chi connectivity index (χ4v) is 2.56. The van der Waals surface area contributed by atoms with Crippen LogP contribution in [0.5, 0.6) is 5.75 Å². The molecule has 0 saturated heterocycles. The molecule has 0 saturated carbocycles. The maximum absolute atomic E-state index is 12.4. The van der Waals surface area contributed by atoms with E-state index in [-0.39, 0.29) is 17.9 Å². The molecule has 0 heterocycles. The van der Waals surface area contributed by atoms with Gasteiger partial charge in [0.15, 0.2) is 0 Å². The largest absolute Gasteiger partial charge is 0.496 e. The minimum Gasteiger partial charge on any atom is -0.496 e. The monoisotopic (exact) mass is 452 g/mol. The molecule has 0 spiro atoms. The third-order valence-electron chi connectivity index (χ3n) is 3.69. The fourth-order valence-electron chi connectivity index (χ4n) is 2.11. The Morgan fingerprint density at radius 2 is 2.00 bits per heavy atom. The molecule has 1 atom stereocenters. The van der Waals surface area contributed by atoms with Gasteiger partial charge in [-0.15, -0.1) is 0 Å². The number of methoxy groups -OCH3 is 1. The summed E-state index contributed by atoms with van der Waals surface area (Å²) in [5.74, 6) is -2.37. The van der Waals surface area contributed by atoms with Crippen molar-refractivity contribution in [3.8, 4) is 5.75 Å². The Labute approximate surface area is 170 Å². The smallest absolute Gasteiger partial charge is 0.328 e. The highest BCUT2D eigenvalue weighted by atomic mass is 79.9. The number of hydrogen-bond donors (Lipinski definition) is 3. The Balaban J connectivity index is 2.90. The molecule has 1 unspecified atom stereocenters. The van der Waals surface area contributed by atoms with Crippen molar-refractivity contribution in [3.63, 3.8) is 0 Å². The van der Waals surface area contributed by atoms with E-state index in [0.29, 0.717) is 21.9 Å². The van der Waals surface area contributed by atoms with Crippen molar-refractivity contribution in [2.75, 3.05) is 13.7 Å². The molecule has 0 bridgehead atoms. The van der Waals surface area contributed by atoms with Crippen molar-refractivity contribution in [1.82, 2.24) is 10.6 Å². The number of hydrogen-bond acceptors (Lipinski definition) is 5. The number of carboxylic acid groups (broad SMARTS) is 1. The van der Waals surface area contributed by atoms with E-state index in [1.54, 1.807) is 26.0 Å². The van der Waals surface area contributed by atoms with E-state index in [1.165, 1.54) is 25.3 Å². The number of benzene rings is 1. The van der Waals surface area contributed by atoms with Crippen LogP contribution in [0.15, 0.2) is 40.4 Å². The van der Waals surface area contributed by atoms with Gasteiger partial charge < -0.3 is 20.5 Å². The Bertz CT molecular complexity index is 832. The number of aldehydes is 1. The molecule has 0 aliphatic rings. The van der Waals surface area contributed by atoms with Gasteiger partial charge in [0, 0.05) is 22.2 Å². The van der Waals surface area contributed by atoms with E-state index in [4.69, 9.17) is 4.74 Å². The first-order chi connectivity index (χ1) is 13.2. The maximum Gasteiger partial charge on any atom is 0.328 e. The lowest BCUT2D eigenvalue weighted by molar-refractivity contribution is -0.139. The Morgan fingerprint density at radius 3 is 2.54 bits per heavy atom. The molecule has 150 valence electrons. The first-order valence-corrected chi connectivity index (χ1v) is 8.98. The van der Waals surface area contributed by atoms with Gasteiger partial charge in [-0.3, -0.25) is 14.4 Å². The van der Waals surface area contributed by atoms with Crippen LogP contribution in [0.2, 0.25) is 0 Å². The quantitative estimate of drug-likeness (QED) is 0.299. The molecular weight excluding hydrogens is 432 g/mol. The topological polar surface area (TPSA) is 122 Å². The SMILES string of the molecule is C/C=C\C(Br)=C(/C)C(=O)NCC(NC(=O)c1ccc(C=O)cc1OC)C(=O)O. The molecule has 0 aliphatic heterocycles. The number of halogens is 1. The number of rotatable bonds is 9. The van der Waals surface area contributed by atoms with Crippen molar-refractivity contribution in [1.29, 1.82) is 0 Å². The van der Waals surface area contributed by atoms with Gasteiger partial charge in [0.2, 0.25) is 5.91 Å². The minimum absolute atomic E-state index is 0.0672. The van der Waals surface area contributed by atoms with E-state index in [9.17, 15) is 24.3 Å². The number of aliphatic carboxylic acids is 1. The predicted octanol–water partition coefficient (Wildman–Crippen LogP) is 2.05. The molecule has 9 heteroatoms. The van der Waals surface area contributed by atoms with Crippen LogP contribution in [-0.4, -0.2) is 48.9 Å². The summed E-state index contributed by atoms with van der Waals surface area (Å²) in [6.45, 7) is 3.05. The van der Waals surface area contributed by atoms with Crippen molar-refractivity contribution in [2.24, 2.45) is 0 Å². The molecule has 0 radical (unpaired) electrons. The van der Waals surface area contributed by atoms with Gasteiger partial charge in [0.25, 0.3) is 5.91 Å². The lowest BCUT2D eigenvalue weighted by atomic mass is 10.1. The molecule has 1 aromatic rings. The van der Waals surface area contributed by atoms with E-state index in [1.807, 2.05) is 0 Å². The van der Waals surface area contributed by atoms with E-state index in [2.05, 4.69) is 26.6 Å². The number of carbonyl (C=O) groups excluding carboxylic acids is 3. The number of nitrogens with one attached hydrogen (secondary N) is 2. The molecule has 8 nitrogen and oxygen atoms in total. The van der Waals surface area contributed by atoms with Crippen LogP contribution in [0.4, 0.5) is 0 Å². The first-order valence-electron chi connectivity index (χ1n) is 8.19. The predicted molar refractivity (Wildman–Crippen MR) is 107 cm³/mol. The number of carboxylic acids is 1. The summed E-state index contributed by atoms with van der Waals surface area (Å²) in [7, 11) is 1.33. The van der Waals surface area contributed by atoms with Gasteiger partial charge in [-0.1, -0.05) is 34.1 Å². The highest BCUT2D eigenvalue weighted by Crippen LogP contribution is 2.19. The Kier molecular flexibility index (Phi) is 9.10. The van der Waals surface area contributed by atoms with Gasteiger partial charge in [0.05, 0.1) is 12.7 Å². The van der Waals surface area contributed by atoms with Crippen molar-refractivity contribution >= 4 is 40.0 Å². The first kappa shape index (κ1) is 23.1. The van der Waals surface area contributed by atoms with Crippen LogP contribution in [0, 0.1) is 0 Å². The van der Waals surface area contributed by atoms with Crippen LogP contribution in [-0.2, 0) is 9.59 Å². The third kappa shape index (κ3) is 6.34. The number of carbonyl (C=O) groups is 4. The maximum atomic E-state index is 12.4. The van der Waals surface area contributed by atoms with E-state index in [0.717, 1.165) is 0 Å². The number of allylic oxidation sites excluding steroid dienone is 3.